The third-order valence-corrected chi connectivity index (χ3v) is 4.52. The van der Waals surface area contributed by atoms with Crippen LogP contribution in [-0.2, 0) is 0 Å². The number of rotatable bonds is 6. The molecule has 3 atom stereocenters. The van der Waals surface area contributed by atoms with E-state index < -0.39 is 0 Å². The van der Waals surface area contributed by atoms with E-state index in [1.807, 2.05) is 13.2 Å². The molecule has 0 saturated heterocycles. The predicted octanol–water partition coefficient (Wildman–Crippen LogP) is 2.88. The van der Waals surface area contributed by atoms with Gasteiger partial charge in [0.05, 0.1) is 12.1 Å². The standard InChI is InChI=1S/C17H29N3O/c1-4-11-18-13(2)14-9-10-17(19-12-14)20(3)15-7-5-6-8-16(15)21/h9-10,12-13,15-16,18,21H,4-8,11H2,1-3H3. The van der Waals surface area contributed by atoms with E-state index >= 15 is 0 Å². The van der Waals surface area contributed by atoms with E-state index in [0.717, 1.165) is 38.0 Å². The highest BCUT2D eigenvalue weighted by Gasteiger charge is 2.27. The van der Waals surface area contributed by atoms with Crippen LogP contribution in [0.25, 0.3) is 0 Å². The van der Waals surface area contributed by atoms with Gasteiger partial charge in [0.15, 0.2) is 0 Å². The van der Waals surface area contributed by atoms with E-state index in [1.54, 1.807) is 0 Å². The lowest BCUT2D eigenvalue weighted by Gasteiger charge is -2.36. The predicted molar refractivity (Wildman–Crippen MR) is 87.6 cm³/mol. The first-order chi connectivity index (χ1) is 10.1. The summed E-state index contributed by atoms with van der Waals surface area (Å²) in [6.45, 7) is 5.36. The highest BCUT2D eigenvalue weighted by atomic mass is 16.3. The fourth-order valence-electron chi connectivity index (χ4n) is 3.05. The van der Waals surface area contributed by atoms with Crippen LogP contribution >= 0.6 is 0 Å². The zero-order valence-electron chi connectivity index (χ0n) is 13.5. The Balaban J connectivity index is 2.00. The zero-order chi connectivity index (χ0) is 15.2. The van der Waals surface area contributed by atoms with Gasteiger partial charge >= 0.3 is 0 Å². The zero-order valence-corrected chi connectivity index (χ0v) is 13.5. The van der Waals surface area contributed by atoms with Gasteiger partial charge in [-0.3, -0.25) is 0 Å². The summed E-state index contributed by atoms with van der Waals surface area (Å²) < 4.78 is 0. The lowest BCUT2D eigenvalue weighted by atomic mass is 9.91. The van der Waals surface area contributed by atoms with Crippen molar-refractivity contribution in [2.75, 3.05) is 18.5 Å². The van der Waals surface area contributed by atoms with Gasteiger partial charge in [-0.05, 0) is 44.4 Å². The molecule has 118 valence electrons. The molecule has 3 unspecified atom stereocenters. The lowest BCUT2D eigenvalue weighted by molar-refractivity contribution is 0.106. The van der Waals surface area contributed by atoms with Crippen molar-refractivity contribution in [2.24, 2.45) is 0 Å². The molecular weight excluding hydrogens is 262 g/mol. The summed E-state index contributed by atoms with van der Waals surface area (Å²) in [6, 6.07) is 4.74. The molecule has 1 aromatic heterocycles. The Bertz CT molecular complexity index is 421. The Morgan fingerprint density at radius 2 is 2.14 bits per heavy atom. The summed E-state index contributed by atoms with van der Waals surface area (Å²) in [4.78, 5) is 6.73. The molecule has 1 aromatic rings. The van der Waals surface area contributed by atoms with Gasteiger partial charge in [-0.15, -0.1) is 0 Å². The number of aromatic nitrogens is 1. The minimum atomic E-state index is -0.227. The Morgan fingerprint density at radius 1 is 1.38 bits per heavy atom. The highest BCUT2D eigenvalue weighted by molar-refractivity contribution is 5.40. The monoisotopic (exact) mass is 291 g/mol. The number of nitrogens with zero attached hydrogens (tertiary/aromatic N) is 2. The molecule has 0 bridgehead atoms. The lowest BCUT2D eigenvalue weighted by Crippen LogP contribution is -2.43. The third kappa shape index (κ3) is 4.17. The van der Waals surface area contributed by atoms with Gasteiger partial charge < -0.3 is 15.3 Å². The Kier molecular flexibility index (Phi) is 6.00. The van der Waals surface area contributed by atoms with Crippen molar-refractivity contribution in [3.63, 3.8) is 0 Å². The summed E-state index contributed by atoms with van der Waals surface area (Å²) in [5, 5.41) is 13.6. The molecule has 2 N–H and O–H groups in total. The number of nitrogens with one attached hydrogen (secondary N) is 1. The van der Waals surface area contributed by atoms with Crippen LogP contribution in [0.4, 0.5) is 5.82 Å². The smallest absolute Gasteiger partial charge is 0.128 e. The normalized spacial score (nSPS) is 23.8. The van der Waals surface area contributed by atoms with E-state index in [0.29, 0.717) is 6.04 Å². The molecule has 1 aliphatic carbocycles. The summed E-state index contributed by atoms with van der Waals surface area (Å²) in [5.41, 5.74) is 1.21. The second-order valence-corrected chi connectivity index (χ2v) is 6.16. The van der Waals surface area contributed by atoms with Crippen molar-refractivity contribution in [1.29, 1.82) is 0 Å². The van der Waals surface area contributed by atoms with Crippen LogP contribution in [0, 0.1) is 0 Å². The second-order valence-electron chi connectivity index (χ2n) is 6.16. The Morgan fingerprint density at radius 3 is 2.76 bits per heavy atom. The average molecular weight is 291 g/mol. The maximum Gasteiger partial charge on any atom is 0.128 e. The van der Waals surface area contributed by atoms with Gasteiger partial charge in [-0.1, -0.05) is 25.8 Å². The number of hydrogen-bond donors (Lipinski definition) is 2. The van der Waals surface area contributed by atoms with Crippen molar-refractivity contribution in [3.05, 3.63) is 23.9 Å². The van der Waals surface area contributed by atoms with Crippen LogP contribution in [0.15, 0.2) is 18.3 Å². The summed E-state index contributed by atoms with van der Waals surface area (Å²) >= 11 is 0. The molecule has 0 amide bonds. The van der Waals surface area contributed by atoms with Crippen molar-refractivity contribution in [2.45, 2.75) is 64.1 Å². The molecule has 0 radical (unpaired) electrons. The fourth-order valence-corrected chi connectivity index (χ4v) is 3.05. The topological polar surface area (TPSA) is 48.4 Å². The number of aliphatic hydroxyl groups is 1. The Labute approximate surface area is 128 Å². The Hall–Kier alpha value is -1.13. The molecule has 4 nitrogen and oxygen atoms in total. The van der Waals surface area contributed by atoms with Gasteiger partial charge in [-0.25, -0.2) is 4.98 Å². The molecule has 0 aromatic carbocycles. The van der Waals surface area contributed by atoms with Crippen LogP contribution in [0.3, 0.4) is 0 Å². The number of pyridine rings is 1. The van der Waals surface area contributed by atoms with Crippen LogP contribution in [0.5, 0.6) is 0 Å². The van der Waals surface area contributed by atoms with Gasteiger partial charge in [0.1, 0.15) is 5.82 Å². The molecule has 1 heterocycles. The summed E-state index contributed by atoms with van der Waals surface area (Å²) in [6.07, 6.45) is 7.16. The maximum absolute atomic E-state index is 10.2. The SMILES string of the molecule is CCCNC(C)c1ccc(N(C)C2CCCCC2O)nc1. The average Bonchev–Trinajstić information content (AvgIpc) is 2.52. The quantitative estimate of drug-likeness (QED) is 0.846. The first kappa shape index (κ1) is 16.2. The first-order valence-corrected chi connectivity index (χ1v) is 8.23. The van der Waals surface area contributed by atoms with Crippen LogP contribution in [0.1, 0.15) is 57.6 Å². The van der Waals surface area contributed by atoms with Gasteiger partial charge in [0, 0.05) is 19.3 Å². The molecular formula is C17H29N3O. The van der Waals surface area contributed by atoms with Crippen LogP contribution in [-0.4, -0.2) is 35.8 Å². The number of aliphatic hydroxyl groups excluding tert-OH is 1. The second kappa shape index (κ2) is 7.76. The van der Waals surface area contributed by atoms with Crippen LogP contribution in [0.2, 0.25) is 0 Å². The van der Waals surface area contributed by atoms with E-state index in [1.165, 1.54) is 12.0 Å². The molecule has 1 saturated carbocycles. The third-order valence-electron chi connectivity index (χ3n) is 4.52. The van der Waals surface area contributed by atoms with Crippen molar-refractivity contribution >= 4 is 5.82 Å². The number of likely N-dealkylation sites (N-methyl/N-ethyl adjacent to an activating group) is 1. The van der Waals surface area contributed by atoms with Crippen molar-refractivity contribution in [1.82, 2.24) is 10.3 Å². The molecule has 2 rings (SSSR count). The molecule has 4 heteroatoms. The number of anilines is 1. The van der Waals surface area contributed by atoms with E-state index in [-0.39, 0.29) is 12.1 Å². The largest absolute Gasteiger partial charge is 0.391 e. The van der Waals surface area contributed by atoms with Gasteiger partial charge in [0.2, 0.25) is 0 Å². The highest BCUT2D eigenvalue weighted by Crippen LogP contribution is 2.26. The molecule has 21 heavy (non-hydrogen) atoms. The van der Waals surface area contributed by atoms with Crippen molar-refractivity contribution in [3.8, 4) is 0 Å². The molecule has 1 aliphatic rings. The summed E-state index contributed by atoms with van der Waals surface area (Å²) in [7, 11) is 2.04. The van der Waals surface area contributed by atoms with Crippen molar-refractivity contribution < 1.29 is 5.11 Å². The maximum atomic E-state index is 10.2. The molecule has 1 fully saturated rings. The van der Waals surface area contributed by atoms with E-state index in [9.17, 15) is 5.11 Å². The minimum absolute atomic E-state index is 0.202. The van der Waals surface area contributed by atoms with Crippen LogP contribution < -0.4 is 10.2 Å². The van der Waals surface area contributed by atoms with E-state index in [2.05, 4.69) is 41.2 Å². The minimum Gasteiger partial charge on any atom is -0.391 e. The summed E-state index contributed by atoms with van der Waals surface area (Å²) in [5.74, 6) is 0.951. The fraction of sp³-hybridized carbons (Fsp3) is 0.706. The number of hydrogen-bond acceptors (Lipinski definition) is 4. The molecule has 0 spiro atoms. The van der Waals surface area contributed by atoms with E-state index in [4.69, 9.17) is 0 Å². The van der Waals surface area contributed by atoms with Gasteiger partial charge in [-0.2, -0.15) is 0 Å². The molecule has 0 aliphatic heterocycles. The first-order valence-electron chi connectivity index (χ1n) is 8.23. The van der Waals surface area contributed by atoms with Gasteiger partial charge in [0.25, 0.3) is 0 Å².